The van der Waals surface area contributed by atoms with E-state index in [9.17, 15) is 4.79 Å². The molecule has 0 spiro atoms. The largest absolute Gasteiger partial charge is 0.381 e. The van der Waals surface area contributed by atoms with Crippen molar-refractivity contribution in [3.05, 3.63) is 0 Å². The molecular formula is C16H28N2O4. The predicted molar refractivity (Wildman–Crippen MR) is 81.8 cm³/mol. The van der Waals surface area contributed by atoms with Gasteiger partial charge < -0.3 is 24.0 Å². The van der Waals surface area contributed by atoms with Crippen molar-refractivity contribution >= 4 is 6.03 Å². The predicted octanol–water partition coefficient (Wildman–Crippen LogP) is 1.34. The van der Waals surface area contributed by atoms with Crippen molar-refractivity contribution in [2.45, 2.75) is 43.9 Å². The number of amides is 2. The van der Waals surface area contributed by atoms with E-state index < -0.39 is 0 Å². The van der Waals surface area contributed by atoms with E-state index in [-0.39, 0.29) is 24.3 Å². The van der Waals surface area contributed by atoms with Gasteiger partial charge in [0.2, 0.25) is 0 Å². The molecule has 1 saturated carbocycles. The summed E-state index contributed by atoms with van der Waals surface area (Å²) in [6, 6.07) is 0.256. The summed E-state index contributed by atoms with van der Waals surface area (Å²) in [4.78, 5) is 15.9. The third-order valence-electron chi connectivity index (χ3n) is 5.05. The fourth-order valence-corrected chi connectivity index (χ4v) is 3.76. The molecule has 0 unspecified atom stereocenters. The Morgan fingerprint density at radius 3 is 2.68 bits per heavy atom. The molecule has 126 valence electrons. The standard InChI is InChI=1S/C16H28N2O4/c1-17(2)16(19)18-7-10-21-15-13(18)3-4-14(15)22-11-12-5-8-20-9-6-12/h12-15H,3-11H2,1-2H3/t13-,14-,15-/m1/s1. The van der Waals surface area contributed by atoms with E-state index >= 15 is 0 Å². The van der Waals surface area contributed by atoms with Crippen LogP contribution in [0.3, 0.4) is 0 Å². The van der Waals surface area contributed by atoms with Gasteiger partial charge in [0, 0.05) is 33.9 Å². The highest BCUT2D eigenvalue weighted by molar-refractivity contribution is 5.74. The van der Waals surface area contributed by atoms with Crippen LogP contribution in [-0.4, -0.2) is 81.1 Å². The van der Waals surface area contributed by atoms with Gasteiger partial charge in [-0.2, -0.15) is 0 Å². The van der Waals surface area contributed by atoms with E-state index in [4.69, 9.17) is 14.2 Å². The highest BCUT2D eigenvalue weighted by atomic mass is 16.5. The Balaban J connectivity index is 1.54. The summed E-state index contributed by atoms with van der Waals surface area (Å²) in [5, 5.41) is 0. The molecule has 6 nitrogen and oxygen atoms in total. The molecule has 6 heteroatoms. The zero-order valence-corrected chi connectivity index (χ0v) is 13.7. The molecule has 0 aromatic rings. The summed E-state index contributed by atoms with van der Waals surface area (Å²) in [6.45, 7) is 3.80. The number of fused-ring (bicyclic) bond motifs is 1. The Bertz CT molecular complexity index is 384. The van der Waals surface area contributed by atoms with E-state index in [1.54, 1.807) is 19.0 Å². The molecule has 0 radical (unpaired) electrons. The molecule has 3 atom stereocenters. The number of morpholine rings is 1. The number of carbonyl (C=O) groups is 1. The van der Waals surface area contributed by atoms with Gasteiger partial charge in [-0.3, -0.25) is 0 Å². The molecule has 2 amide bonds. The van der Waals surface area contributed by atoms with Crippen LogP contribution in [-0.2, 0) is 14.2 Å². The van der Waals surface area contributed by atoms with Crippen LogP contribution in [0.4, 0.5) is 4.79 Å². The summed E-state index contributed by atoms with van der Waals surface area (Å²) in [6.07, 6.45) is 4.31. The minimum atomic E-state index is 0.0393. The van der Waals surface area contributed by atoms with Gasteiger partial charge in [0.15, 0.2) is 0 Å². The van der Waals surface area contributed by atoms with Crippen LogP contribution in [0.5, 0.6) is 0 Å². The molecule has 3 aliphatic rings. The maximum Gasteiger partial charge on any atom is 0.319 e. The molecule has 22 heavy (non-hydrogen) atoms. The highest BCUT2D eigenvalue weighted by Gasteiger charge is 2.45. The molecule has 0 aromatic heterocycles. The van der Waals surface area contributed by atoms with Crippen LogP contribution < -0.4 is 0 Å². The lowest BCUT2D eigenvalue weighted by Crippen LogP contribution is -2.56. The second kappa shape index (κ2) is 7.15. The van der Waals surface area contributed by atoms with Gasteiger partial charge in [-0.25, -0.2) is 4.79 Å². The zero-order valence-electron chi connectivity index (χ0n) is 13.7. The molecule has 3 fully saturated rings. The monoisotopic (exact) mass is 312 g/mol. The zero-order chi connectivity index (χ0) is 15.5. The number of rotatable bonds is 3. The quantitative estimate of drug-likeness (QED) is 0.789. The minimum Gasteiger partial charge on any atom is -0.381 e. The number of hydrogen-bond acceptors (Lipinski definition) is 4. The summed E-state index contributed by atoms with van der Waals surface area (Å²) in [5.41, 5.74) is 0. The Morgan fingerprint density at radius 1 is 1.18 bits per heavy atom. The fraction of sp³-hybridized carbons (Fsp3) is 0.938. The maximum absolute atomic E-state index is 12.3. The summed E-state index contributed by atoms with van der Waals surface area (Å²) >= 11 is 0. The van der Waals surface area contributed by atoms with Gasteiger partial charge in [0.1, 0.15) is 6.10 Å². The number of ether oxygens (including phenoxy) is 3. The second-order valence-electron chi connectivity index (χ2n) is 6.78. The summed E-state index contributed by atoms with van der Waals surface area (Å²) < 4.78 is 17.5. The number of urea groups is 1. The van der Waals surface area contributed by atoms with E-state index in [0.717, 1.165) is 45.5 Å². The first kappa shape index (κ1) is 16.0. The topological polar surface area (TPSA) is 51.2 Å². The third-order valence-corrected chi connectivity index (χ3v) is 5.05. The van der Waals surface area contributed by atoms with E-state index in [1.165, 1.54) is 0 Å². The molecule has 3 rings (SSSR count). The lowest BCUT2D eigenvalue weighted by atomic mass is 10.0. The van der Waals surface area contributed by atoms with Gasteiger partial charge in [0.25, 0.3) is 0 Å². The minimum absolute atomic E-state index is 0.0393. The van der Waals surface area contributed by atoms with Crippen LogP contribution in [0.1, 0.15) is 25.7 Å². The first-order valence-corrected chi connectivity index (χ1v) is 8.45. The van der Waals surface area contributed by atoms with Crippen LogP contribution in [0, 0.1) is 5.92 Å². The van der Waals surface area contributed by atoms with E-state index in [2.05, 4.69) is 0 Å². The maximum atomic E-state index is 12.3. The molecule has 2 saturated heterocycles. The van der Waals surface area contributed by atoms with Crippen molar-refractivity contribution < 1.29 is 19.0 Å². The van der Waals surface area contributed by atoms with Crippen molar-refractivity contribution in [1.82, 2.24) is 9.80 Å². The average Bonchev–Trinajstić information content (AvgIpc) is 2.96. The lowest BCUT2D eigenvalue weighted by molar-refractivity contribution is -0.113. The van der Waals surface area contributed by atoms with Crippen LogP contribution in [0.15, 0.2) is 0 Å². The first-order chi connectivity index (χ1) is 10.7. The van der Waals surface area contributed by atoms with Crippen LogP contribution in [0.25, 0.3) is 0 Å². The van der Waals surface area contributed by atoms with Gasteiger partial charge >= 0.3 is 6.03 Å². The second-order valence-corrected chi connectivity index (χ2v) is 6.78. The van der Waals surface area contributed by atoms with Gasteiger partial charge in [-0.05, 0) is 31.6 Å². The molecule has 2 aliphatic heterocycles. The Kier molecular flexibility index (Phi) is 5.21. The average molecular weight is 312 g/mol. The van der Waals surface area contributed by atoms with Crippen molar-refractivity contribution in [3.63, 3.8) is 0 Å². The number of carbonyl (C=O) groups excluding carboxylic acids is 1. The van der Waals surface area contributed by atoms with E-state index in [0.29, 0.717) is 19.1 Å². The van der Waals surface area contributed by atoms with Gasteiger partial charge in [0.05, 0.1) is 25.4 Å². The van der Waals surface area contributed by atoms with Crippen molar-refractivity contribution in [2.24, 2.45) is 5.92 Å². The fourth-order valence-electron chi connectivity index (χ4n) is 3.76. The molecule has 0 bridgehead atoms. The van der Waals surface area contributed by atoms with Crippen molar-refractivity contribution in [1.29, 1.82) is 0 Å². The van der Waals surface area contributed by atoms with E-state index in [1.807, 2.05) is 4.90 Å². The SMILES string of the molecule is CN(C)C(=O)N1CCO[C@@H]2[C@H]1CC[C@H]2OCC1CCOCC1. The van der Waals surface area contributed by atoms with Crippen molar-refractivity contribution in [3.8, 4) is 0 Å². The lowest BCUT2D eigenvalue weighted by Gasteiger charge is -2.40. The van der Waals surface area contributed by atoms with Crippen molar-refractivity contribution in [2.75, 3.05) is 47.1 Å². The summed E-state index contributed by atoms with van der Waals surface area (Å²) in [5.74, 6) is 0.607. The molecular weight excluding hydrogens is 284 g/mol. The smallest absolute Gasteiger partial charge is 0.319 e. The Labute approximate surface area is 132 Å². The Hall–Kier alpha value is -0.850. The molecule has 2 heterocycles. The molecule has 1 aliphatic carbocycles. The highest BCUT2D eigenvalue weighted by Crippen LogP contribution is 2.33. The Morgan fingerprint density at radius 2 is 1.95 bits per heavy atom. The number of hydrogen-bond donors (Lipinski definition) is 0. The van der Waals surface area contributed by atoms with Crippen LogP contribution in [0.2, 0.25) is 0 Å². The molecule has 0 N–H and O–H groups in total. The van der Waals surface area contributed by atoms with Gasteiger partial charge in [-0.1, -0.05) is 0 Å². The normalized spacial score (nSPS) is 32.8. The first-order valence-electron chi connectivity index (χ1n) is 8.45. The van der Waals surface area contributed by atoms with Crippen LogP contribution >= 0.6 is 0 Å². The third kappa shape index (κ3) is 3.39. The van der Waals surface area contributed by atoms with Gasteiger partial charge in [-0.15, -0.1) is 0 Å². The molecule has 0 aromatic carbocycles. The summed E-state index contributed by atoms with van der Waals surface area (Å²) in [7, 11) is 3.61. The number of nitrogens with zero attached hydrogens (tertiary/aromatic N) is 2.